The molecule has 2 aromatic rings. The molecule has 3 rings (SSSR count). The molecule has 1 N–H and O–H groups in total. The van der Waals surface area contributed by atoms with Crippen LogP contribution in [0.5, 0.6) is 28.7 Å². The van der Waals surface area contributed by atoms with Crippen molar-refractivity contribution in [2.75, 3.05) is 28.4 Å². The minimum Gasteiger partial charge on any atom is -0.497 e. The highest BCUT2D eigenvalue weighted by molar-refractivity contribution is 5.96. The molecule has 0 radical (unpaired) electrons. The van der Waals surface area contributed by atoms with Crippen LogP contribution in [0.1, 0.15) is 42.2 Å². The lowest BCUT2D eigenvalue weighted by Crippen LogP contribution is -2.41. The molecule has 29 heavy (non-hydrogen) atoms. The first-order valence-corrected chi connectivity index (χ1v) is 9.29. The molecule has 0 aromatic heterocycles. The number of amides is 1. The molecule has 0 unspecified atom stereocenters. The Kier molecular flexibility index (Phi) is 5.77. The molecule has 0 fully saturated rings. The molecule has 1 aliphatic heterocycles. The SMILES string of the molecule is COc1ccc2c(c1)[C@@H](NC(=O)c1cc(OC)c(OC)c(OC)c1)CC(C)(C)O2. The third-order valence-electron chi connectivity index (χ3n) is 4.91. The zero-order chi connectivity index (χ0) is 21.2. The summed E-state index contributed by atoms with van der Waals surface area (Å²) in [5.74, 6) is 2.48. The van der Waals surface area contributed by atoms with E-state index in [1.807, 2.05) is 32.0 Å². The number of hydrogen-bond acceptors (Lipinski definition) is 6. The largest absolute Gasteiger partial charge is 0.497 e. The number of nitrogens with one attached hydrogen (secondary N) is 1. The standard InChI is InChI=1S/C22H27NO6/c1-22(2)12-16(15-11-14(25-3)7-8-17(15)29-22)23-21(24)13-9-18(26-4)20(28-6)19(10-13)27-5/h7-11,16H,12H2,1-6H3,(H,23,24)/t16-/m0/s1. The van der Waals surface area contributed by atoms with Crippen LogP contribution in [-0.2, 0) is 0 Å². The van der Waals surface area contributed by atoms with Gasteiger partial charge in [-0.1, -0.05) is 0 Å². The lowest BCUT2D eigenvalue weighted by atomic mass is 9.89. The van der Waals surface area contributed by atoms with Gasteiger partial charge in [0.1, 0.15) is 17.1 Å². The molecule has 1 heterocycles. The Morgan fingerprint density at radius 2 is 1.66 bits per heavy atom. The maximum atomic E-state index is 13.1. The Labute approximate surface area is 170 Å². The minimum absolute atomic E-state index is 0.240. The van der Waals surface area contributed by atoms with Crippen LogP contribution in [-0.4, -0.2) is 39.9 Å². The van der Waals surface area contributed by atoms with Gasteiger partial charge in [-0.3, -0.25) is 4.79 Å². The van der Waals surface area contributed by atoms with Crippen LogP contribution in [0.4, 0.5) is 0 Å². The van der Waals surface area contributed by atoms with Crippen LogP contribution in [0.25, 0.3) is 0 Å². The van der Waals surface area contributed by atoms with Crippen molar-refractivity contribution in [3.05, 3.63) is 41.5 Å². The summed E-state index contributed by atoms with van der Waals surface area (Å²) in [4.78, 5) is 13.1. The third-order valence-corrected chi connectivity index (χ3v) is 4.91. The summed E-state index contributed by atoms with van der Waals surface area (Å²) in [6.45, 7) is 4.00. The Bertz CT molecular complexity index is 883. The summed E-state index contributed by atoms with van der Waals surface area (Å²) in [6.07, 6.45) is 0.614. The molecule has 156 valence electrons. The van der Waals surface area contributed by atoms with Crippen LogP contribution >= 0.6 is 0 Å². The summed E-state index contributed by atoms with van der Waals surface area (Å²) >= 11 is 0. The van der Waals surface area contributed by atoms with Crippen LogP contribution in [0.3, 0.4) is 0 Å². The average molecular weight is 401 g/mol. The second kappa shape index (κ2) is 8.11. The van der Waals surface area contributed by atoms with Gasteiger partial charge in [-0.15, -0.1) is 0 Å². The Hall–Kier alpha value is -3.09. The Morgan fingerprint density at radius 1 is 1.00 bits per heavy atom. The highest BCUT2D eigenvalue weighted by atomic mass is 16.5. The third kappa shape index (κ3) is 4.18. The maximum Gasteiger partial charge on any atom is 0.252 e. The van der Waals surface area contributed by atoms with Crippen molar-refractivity contribution in [2.45, 2.75) is 31.9 Å². The first kappa shape index (κ1) is 20.6. The molecule has 1 aliphatic rings. The highest BCUT2D eigenvalue weighted by Crippen LogP contribution is 2.42. The van der Waals surface area contributed by atoms with Crippen molar-refractivity contribution < 1.29 is 28.5 Å². The zero-order valence-corrected chi connectivity index (χ0v) is 17.6. The predicted molar refractivity (Wildman–Crippen MR) is 109 cm³/mol. The van der Waals surface area contributed by atoms with E-state index in [-0.39, 0.29) is 11.9 Å². The van der Waals surface area contributed by atoms with Gasteiger partial charge in [0.25, 0.3) is 5.91 Å². The quantitative estimate of drug-likeness (QED) is 0.795. The van der Waals surface area contributed by atoms with Crippen molar-refractivity contribution in [2.24, 2.45) is 0 Å². The summed E-state index contributed by atoms with van der Waals surface area (Å²) in [5.41, 5.74) is 0.868. The van der Waals surface area contributed by atoms with Gasteiger partial charge in [-0.2, -0.15) is 0 Å². The molecule has 0 saturated carbocycles. The van der Waals surface area contributed by atoms with Gasteiger partial charge in [0.05, 0.1) is 34.5 Å². The minimum atomic E-state index is -0.422. The van der Waals surface area contributed by atoms with Gasteiger partial charge in [-0.25, -0.2) is 0 Å². The van der Waals surface area contributed by atoms with E-state index in [1.165, 1.54) is 21.3 Å². The van der Waals surface area contributed by atoms with E-state index >= 15 is 0 Å². The number of ether oxygens (including phenoxy) is 5. The molecular weight excluding hydrogens is 374 g/mol. The summed E-state index contributed by atoms with van der Waals surface area (Å²) in [5, 5.41) is 3.11. The van der Waals surface area contributed by atoms with E-state index in [4.69, 9.17) is 23.7 Å². The molecular formula is C22H27NO6. The number of hydrogen-bond donors (Lipinski definition) is 1. The Balaban J connectivity index is 1.95. The molecule has 1 amide bonds. The number of carbonyl (C=O) groups is 1. The number of methoxy groups -OCH3 is 4. The van der Waals surface area contributed by atoms with E-state index in [2.05, 4.69) is 5.32 Å². The van der Waals surface area contributed by atoms with E-state index in [0.29, 0.717) is 35.0 Å². The lowest BCUT2D eigenvalue weighted by molar-refractivity contribution is 0.0617. The highest BCUT2D eigenvalue weighted by Gasteiger charge is 2.35. The van der Waals surface area contributed by atoms with Crippen molar-refractivity contribution in [3.8, 4) is 28.7 Å². The second-order valence-electron chi connectivity index (χ2n) is 7.41. The monoisotopic (exact) mass is 401 g/mol. The van der Waals surface area contributed by atoms with Crippen molar-refractivity contribution >= 4 is 5.91 Å². The van der Waals surface area contributed by atoms with E-state index in [0.717, 1.165) is 11.3 Å². The molecule has 1 atom stereocenters. The van der Waals surface area contributed by atoms with Gasteiger partial charge in [0, 0.05) is 17.5 Å². The smallest absolute Gasteiger partial charge is 0.252 e. The average Bonchev–Trinajstić information content (AvgIpc) is 2.71. The fourth-order valence-corrected chi connectivity index (χ4v) is 3.54. The first-order valence-electron chi connectivity index (χ1n) is 9.29. The lowest BCUT2D eigenvalue weighted by Gasteiger charge is -2.38. The molecule has 0 aliphatic carbocycles. The molecule has 7 heteroatoms. The van der Waals surface area contributed by atoms with Gasteiger partial charge >= 0.3 is 0 Å². The number of carbonyl (C=O) groups excluding carboxylic acids is 1. The fraction of sp³-hybridized carbons (Fsp3) is 0.409. The van der Waals surface area contributed by atoms with Crippen molar-refractivity contribution in [3.63, 3.8) is 0 Å². The summed E-state index contributed by atoms with van der Waals surface area (Å²) in [7, 11) is 6.17. The normalized spacial score (nSPS) is 16.8. The first-order chi connectivity index (χ1) is 13.8. The van der Waals surface area contributed by atoms with E-state index in [1.54, 1.807) is 19.2 Å². The van der Waals surface area contributed by atoms with Gasteiger partial charge in [0.15, 0.2) is 11.5 Å². The number of rotatable bonds is 6. The molecule has 7 nitrogen and oxygen atoms in total. The zero-order valence-electron chi connectivity index (χ0n) is 17.6. The van der Waals surface area contributed by atoms with Gasteiger partial charge < -0.3 is 29.0 Å². The van der Waals surface area contributed by atoms with Gasteiger partial charge in [0.2, 0.25) is 5.75 Å². The topological polar surface area (TPSA) is 75.3 Å². The van der Waals surface area contributed by atoms with Crippen LogP contribution in [0, 0.1) is 0 Å². The predicted octanol–water partition coefficient (Wildman–Crippen LogP) is 3.75. The van der Waals surface area contributed by atoms with Crippen molar-refractivity contribution in [1.82, 2.24) is 5.32 Å². The summed E-state index contributed by atoms with van der Waals surface area (Å²) in [6, 6.07) is 8.63. The Morgan fingerprint density at radius 3 is 2.21 bits per heavy atom. The van der Waals surface area contributed by atoms with Gasteiger partial charge in [-0.05, 0) is 44.2 Å². The number of benzene rings is 2. The molecule has 0 bridgehead atoms. The van der Waals surface area contributed by atoms with Crippen molar-refractivity contribution in [1.29, 1.82) is 0 Å². The van der Waals surface area contributed by atoms with E-state index in [9.17, 15) is 4.79 Å². The van der Waals surface area contributed by atoms with Crippen LogP contribution < -0.4 is 29.0 Å². The second-order valence-corrected chi connectivity index (χ2v) is 7.41. The fourth-order valence-electron chi connectivity index (χ4n) is 3.54. The molecule has 0 saturated heterocycles. The number of fused-ring (bicyclic) bond motifs is 1. The molecule has 2 aromatic carbocycles. The van der Waals surface area contributed by atoms with Crippen LogP contribution in [0.15, 0.2) is 30.3 Å². The molecule has 0 spiro atoms. The van der Waals surface area contributed by atoms with E-state index < -0.39 is 5.60 Å². The summed E-state index contributed by atoms with van der Waals surface area (Å²) < 4.78 is 27.5. The van der Waals surface area contributed by atoms with Crippen LogP contribution in [0.2, 0.25) is 0 Å². The maximum absolute atomic E-state index is 13.1.